The van der Waals surface area contributed by atoms with E-state index in [-0.39, 0.29) is 0 Å². The first kappa shape index (κ1) is 12.8. The second-order valence-electron chi connectivity index (χ2n) is 4.49. The average Bonchev–Trinajstić information content (AvgIpc) is 2.38. The second-order valence-corrected chi connectivity index (χ2v) is 5.48. The molecule has 0 bridgehead atoms. The molecule has 3 heteroatoms. The van der Waals surface area contributed by atoms with Gasteiger partial charge in [0.05, 0.1) is 0 Å². The fourth-order valence-corrected chi connectivity index (χ4v) is 2.85. The lowest BCUT2D eigenvalue weighted by Crippen LogP contribution is -2.31. The van der Waals surface area contributed by atoms with Crippen molar-refractivity contribution in [1.29, 1.82) is 0 Å². The molecule has 1 aliphatic heterocycles. The third-order valence-corrected chi connectivity index (χ3v) is 4.01. The Hall–Kier alpha value is -0.670. The Morgan fingerprint density at radius 3 is 3.00 bits per heavy atom. The monoisotopic (exact) mass is 251 g/mol. The summed E-state index contributed by atoms with van der Waals surface area (Å²) in [5, 5.41) is 3.40. The fourth-order valence-electron chi connectivity index (χ4n) is 2.40. The maximum Gasteiger partial charge on any atom is 0.124 e. The molecular weight excluding hydrogens is 230 g/mol. The third-order valence-electron chi connectivity index (χ3n) is 3.31. The summed E-state index contributed by atoms with van der Waals surface area (Å²) in [6.07, 6.45) is 6.02. The highest BCUT2D eigenvalue weighted by Gasteiger charge is 2.26. The van der Waals surface area contributed by atoms with E-state index < -0.39 is 0 Å². The Morgan fingerprint density at radius 1 is 1.41 bits per heavy atom. The van der Waals surface area contributed by atoms with Crippen LogP contribution in [0.5, 0.6) is 5.75 Å². The minimum Gasteiger partial charge on any atom is -0.490 e. The standard InChI is InChI=1S/C14H21NOS/c1-15-13-10-11(6-5-9-17-2)16-14-8-4-3-7-12(13)14/h3-4,7-8,11,13,15H,5-6,9-10H2,1-2H3. The highest BCUT2D eigenvalue weighted by Crippen LogP contribution is 2.35. The van der Waals surface area contributed by atoms with Crippen LogP contribution in [0.4, 0.5) is 0 Å². The largest absolute Gasteiger partial charge is 0.490 e. The molecule has 0 radical (unpaired) electrons. The first-order valence-electron chi connectivity index (χ1n) is 6.27. The molecule has 2 nitrogen and oxygen atoms in total. The van der Waals surface area contributed by atoms with E-state index in [1.807, 2.05) is 18.8 Å². The number of ether oxygens (including phenoxy) is 1. The highest BCUT2D eigenvalue weighted by atomic mass is 32.2. The zero-order valence-electron chi connectivity index (χ0n) is 10.6. The van der Waals surface area contributed by atoms with Gasteiger partial charge in [-0.15, -0.1) is 0 Å². The highest BCUT2D eigenvalue weighted by molar-refractivity contribution is 7.98. The predicted octanol–water partition coefficient (Wildman–Crippen LogP) is 3.24. The third kappa shape index (κ3) is 3.17. The van der Waals surface area contributed by atoms with E-state index in [2.05, 4.69) is 35.8 Å². The Bertz CT molecular complexity index is 356. The molecule has 0 aromatic heterocycles. The van der Waals surface area contributed by atoms with Crippen molar-refractivity contribution in [3.63, 3.8) is 0 Å². The van der Waals surface area contributed by atoms with E-state index in [0.29, 0.717) is 12.1 Å². The van der Waals surface area contributed by atoms with Crippen LogP contribution in [-0.4, -0.2) is 25.2 Å². The number of hydrogen-bond donors (Lipinski definition) is 1. The Balaban J connectivity index is 2.02. The Kier molecular flexibility index (Phi) is 4.75. The predicted molar refractivity (Wildman–Crippen MR) is 74.9 cm³/mol. The van der Waals surface area contributed by atoms with Crippen LogP contribution in [0.3, 0.4) is 0 Å². The number of thioether (sulfide) groups is 1. The summed E-state index contributed by atoms with van der Waals surface area (Å²) in [6, 6.07) is 8.82. The van der Waals surface area contributed by atoms with Gasteiger partial charge in [-0.1, -0.05) is 18.2 Å². The molecule has 17 heavy (non-hydrogen) atoms. The quantitative estimate of drug-likeness (QED) is 0.812. The fraction of sp³-hybridized carbons (Fsp3) is 0.571. The first-order chi connectivity index (χ1) is 8.35. The molecule has 0 saturated carbocycles. The molecule has 1 heterocycles. The molecule has 0 amide bonds. The van der Waals surface area contributed by atoms with E-state index in [1.165, 1.54) is 17.7 Å². The van der Waals surface area contributed by atoms with E-state index >= 15 is 0 Å². The molecule has 0 spiro atoms. The Morgan fingerprint density at radius 2 is 2.24 bits per heavy atom. The molecule has 1 N–H and O–H groups in total. The number of nitrogens with one attached hydrogen (secondary N) is 1. The molecule has 2 rings (SSSR count). The first-order valence-corrected chi connectivity index (χ1v) is 7.66. The molecule has 1 aromatic rings. The molecular formula is C14H21NOS. The van der Waals surface area contributed by atoms with Gasteiger partial charge in [-0.25, -0.2) is 0 Å². The Labute approximate surface area is 108 Å². The normalized spacial score (nSPS) is 22.9. The van der Waals surface area contributed by atoms with Crippen LogP contribution < -0.4 is 10.1 Å². The molecule has 1 aromatic carbocycles. The van der Waals surface area contributed by atoms with Gasteiger partial charge in [-0.05, 0) is 38.0 Å². The zero-order chi connectivity index (χ0) is 12.1. The number of hydrogen-bond acceptors (Lipinski definition) is 3. The summed E-state index contributed by atoms with van der Waals surface area (Å²) < 4.78 is 6.06. The lowest BCUT2D eigenvalue weighted by molar-refractivity contribution is 0.142. The van der Waals surface area contributed by atoms with Gasteiger partial charge < -0.3 is 10.1 Å². The van der Waals surface area contributed by atoms with Crippen LogP contribution in [0.25, 0.3) is 0 Å². The molecule has 2 unspecified atom stereocenters. The van der Waals surface area contributed by atoms with Crippen LogP contribution >= 0.6 is 11.8 Å². The minimum atomic E-state index is 0.370. The van der Waals surface area contributed by atoms with Crippen molar-refractivity contribution in [2.24, 2.45) is 0 Å². The SMILES string of the molecule is CNC1CC(CCCSC)Oc2ccccc21. The maximum atomic E-state index is 6.06. The average molecular weight is 251 g/mol. The van der Waals surface area contributed by atoms with Crippen molar-refractivity contribution in [1.82, 2.24) is 5.32 Å². The summed E-state index contributed by atoms with van der Waals surface area (Å²) >= 11 is 1.91. The number of rotatable bonds is 5. The number of para-hydroxylation sites is 1. The molecule has 0 fully saturated rings. The van der Waals surface area contributed by atoms with Crippen molar-refractivity contribution >= 4 is 11.8 Å². The van der Waals surface area contributed by atoms with E-state index in [9.17, 15) is 0 Å². The number of fused-ring (bicyclic) bond motifs is 1. The topological polar surface area (TPSA) is 21.3 Å². The van der Waals surface area contributed by atoms with Crippen molar-refractivity contribution in [2.75, 3.05) is 19.1 Å². The van der Waals surface area contributed by atoms with Gasteiger partial charge in [-0.3, -0.25) is 0 Å². The van der Waals surface area contributed by atoms with Gasteiger partial charge in [0.2, 0.25) is 0 Å². The van der Waals surface area contributed by atoms with Crippen LogP contribution in [0, 0.1) is 0 Å². The van der Waals surface area contributed by atoms with Gasteiger partial charge >= 0.3 is 0 Å². The smallest absolute Gasteiger partial charge is 0.124 e. The maximum absolute atomic E-state index is 6.06. The van der Waals surface area contributed by atoms with E-state index in [0.717, 1.165) is 18.6 Å². The molecule has 0 saturated heterocycles. The summed E-state index contributed by atoms with van der Waals surface area (Å²) in [5.74, 6) is 2.29. The van der Waals surface area contributed by atoms with Crippen LogP contribution in [-0.2, 0) is 0 Å². The summed E-state index contributed by atoms with van der Waals surface area (Å²) in [7, 11) is 2.03. The van der Waals surface area contributed by atoms with Gasteiger partial charge in [0.25, 0.3) is 0 Å². The number of benzene rings is 1. The van der Waals surface area contributed by atoms with E-state index in [1.54, 1.807) is 0 Å². The minimum absolute atomic E-state index is 0.370. The van der Waals surface area contributed by atoms with Crippen molar-refractivity contribution < 1.29 is 4.74 Å². The molecule has 2 atom stereocenters. The summed E-state index contributed by atoms with van der Waals surface area (Å²) in [6.45, 7) is 0. The summed E-state index contributed by atoms with van der Waals surface area (Å²) in [4.78, 5) is 0. The van der Waals surface area contributed by atoms with Crippen molar-refractivity contribution in [3.05, 3.63) is 29.8 Å². The zero-order valence-corrected chi connectivity index (χ0v) is 11.4. The lowest BCUT2D eigenvalue weighted by Gasteiger charge is -2.32. The van der Waals surface area contributed by atoms with E-state index in [4.69, 9.17) is 4.74 Å². The van der Waals surface area contributed by atoms with Gasteiger partial charge in [0, 0.05) is 18.0 Å². The molecule has 0 aliphatic carbocycles. The molecule has 94 valence electrons. The molecule has 1 aliphatic rings. The van der Waals surface area contributed by atoms with Gasteiger partial charge in [0.1, 0.15) is 11.9 Å². The van der Waals surface area contributed by atoms with Crippen LogP contribution in [0.15, 0.2) is 24.3 Å². The van der Waals surface area contributed by atoms with Crippen molar-refractivity contribution in [2.45, 2.75) is 31.4 Å². The summed E-state index contributed by atoms with van der Waals surface area (Å²) in [5.41, 5.74) is 1.30. The van der Waals surface area contributed by atoms with Crippen LogP contribution in [0.1, 0.15) is 30.9 Å². The van der Waals surface area contributed by atoms with Gasteiger partial charge in [-0.2, -0.15) is 11.8 Å². The lowest BCUT2D eigenvalue weighted by atomic mass is 9.95. The van der Waals surface area contributed by atoms with Crippen molar-refractivity contribution in [3.8, 4) is 5.75 Å². The van der Waals surface area contributed by atoms with Crippen LogP contribution in [0.2, 0.25) is 0 Å². The second kappa shape index (κ2) is 6.31. The van der Waals surface area contributed by atoms with Gasteiger partial charge in [0.15, 0.2) is 0 Å².